The fourth-order valence-corrected chi connectivity index (χ4v) is 7.09. The van der Waals surface area contributed by atoms with Crippen LogP contribution >= 0.6 is 34.8 Å². The largest absolute Gasteiger partial charge is 0.490 e. The van der Waals surface area contributed by atoms with Crippen molar-refractivity contribution in [2.75, 3.05) is 38.1 Å². The van der Waals surface area contributed by atoms with Crippen LogP contribution in [0.3, 0.4) is 0 Å². The molecule has 0 unspecified atom stereocenters. The molecule has 1 amide bonds. The summed E-state index contributed by atoms with van der Waals surface area (Å²) in [5.74, 6) is -0.175. The van der Waals surface area contributed by atoms with Crippen molar-refractivity contribution in [2.24, 2.45) is 5.92 Å². The van der Waals surface area contributed by atoms with Crippen LogP contribution < -0.4 is 9.46 Å². The lowest BCUT2D eigenvalue weighted by atomic mass is 10.0. The molecule has 1 aliphatic heterocycles. The number of carbonyl (C=O) groups excluding carboxylic acids is 1. The molecule has 0 saturated heterocycles. The van der Waals surface area contributed by atoms with Gasteiger partial charge in [0, 0.05) is 42.9 Å². The van der Waals surface area contributed by atoms with Gasteiger partial charge in [-0.15, -0.1) is 0 Å². The molecule has 4 rings (SSSR count). The smallest absolute Gasteiger partial charge is 0.261 e. The first-order valence-corrected chi connectivity index (χ1v) is 18.6. The molecule has 0 fully saturated rings. The van der Waals surface area contributed by atoms with Gasteiger partial charge in [0.15, 0.2) is 0 Å². The van der Waals surface area contributed by atoms with Gasteiger partial charge in [-0.3, -0.25) is 14.4 Å². The number of hydrogen-bond donors (Lipinski definition) is 2. The van der Waals surface area contributed by atoms with Gasteiger partial charge in [-0.1, -0.05) is 47.8 Å². The van der Waals surface area contributed by atoms with Crippen LogP contribution in [0.1, 0.15) is 56.0 Å². The number of aliphatic hydroxyl groups is 1. The zero-order valence-corrected chi connectivity index (χ0v) is 30.7. The number of carbonyl (C=O) groups is 1. The van der Waals surface area contributed by atoms with Gasteiger partial charge < -0.3 is 19.5 Å². The number of hydrogen-bond acceptors (Lipinski definition) is 7. The second kappa shape index (κ2) is 17.4. The first-order valence-electron chi connectivity index (χ1n) is 16.0. The lowest BCUT2D eigenvalue weighted by molar-refractivity contribution is -0.0177. The number of aliphatic hydroxyl groups excluding tert-OH is 1. The molecule has 2 N–H and O–H groups in total. The Morgan fingerprint density at radius 3 is 2.44 bits per heavy atom. The highest BCUT2D eigenvalue weighted by atomic mass is 35.5. The fraction of sp³-hybridized carbons (Fsp3) is 0.457. The lowest BCUT2D eigenvalue weighted by Gasteiger charge is -2.36. The Bertz CT molecular complexity index is 1640. The predicted octanol–water partition coefficient (Wildman–Crippen LogP) is 7.38. The van der Waals surface area contributed by atoms with Crippen molar-refractivity contribution in [3.63, 3.8) is 0 Å². The SMILES string of the molecule is C[C@H](CO)N1C[C@H](C)[C@@H](CN(C)Cc2ccc(Cl)c(Cl)c2)OCCCC[C@H](C)Oc2ccc(NS(=O)(=O)c3ccc(Cl)cc3)cc2C1=O. The summed E-state index contributed by atoms with van der Waals surface area (Å²) in [4.78, 5) is 18.2. The van der Waals surface area contributed by atoms with Gasteiger partial charge in [0.1, 0.15) is 5.75 Å². The third-order valence-corrected chi connectivity index (χ3v) is 10.7. The third-order valence-electron chi connectivity index (χ3n) is 8.36. The Labute approximate surface area is 299 Å². The molecule has 9 nitrogen and oxygen atoms in total. The molecule has 0 radical (unpaired) electrons. The van der Waals surface area contributed by atoms with Gasteiger partial charge in [-0.25, -0.2) is 8.42 Å². The van der Waals surface area contributed by atoms with Crippen LogP contribution in [-0.2, 0) is 21.3 Å². The first kappa shape index (κ1) is 38.2. The number of anilines is 1. The van der Waals surface area contributed by atoms with Crippen molar-refractivity contribution >= 4 is 56.4 Å². The van der Waals surface area contributed by atoms with Gasteiger partial charge >= 0.3 is 0 Å². The molecule has 1 heterocycles. The average Bonchev–Trinajstić information content (AvgIpc) is 3.04. The van der Waals surface area contributed by atoms with Crippen molar-refractivity contribution in [2.45, 2.75) is 69.7 Å². The van der Waals surface area contributed by atoms with Crippen molar-refractivity contribution in [3.05, 3.63) is 86.9 Å². The van der Waals surface area contributed by atoms with E-state index in [1.165, 1.54) is 30.3 Å². The molecular formula is C35H44Cl3N3O6S. The Balaban J connectivity index is 1.63. The molecule has 0 aliphatic carbocycles. The zero-order valence-electron chi connectivity index (χ0n) is 27.7. The maximum atomic E-state index is 14.4. The molecule has 0 saturated carbocycles. The number of rotatable bonds is 9. The summed E-state index contributed by atoms with van der Waals surface area (Å²) in [7, 11) is -1.97. The second-order valence-corrected chi connectivity index (χ2v) is 15.4. The minimum Gasteiger partial charge on any atom is -0.490 e. The van der Waals surface area contributed by atoms with E-state index in [0.717, 1.165) is 24.8 Å². The number of fused-ring (bicyclic) bond motifs is 1. The summed E-state index contributed by atoms with van der Waals surface area (Å²) >= 11 is 18.3. The van der Waals surface area contributed by atoms with Gasteiger partial charge in [0.05, 0.1) is 45.4 Å². The van der Waals surface area contributed by atoms with Crippen LogP contribution in [0.2, 0.25) is 15.1 Å². The van der Waals surface area contributed by atoms with Crippen molar-refractivity contribution in [1.82, 2.24) is 9.80 Å². The highest BCUT2D eigenvalue weighted by Crippen LogP contribution is 2.30. The van der Waals surface area contributed by atoms with Crippen molar-refractivity contribution in [1.29, 1.82) is 0 Å². The van der Waals surface area contributed by atoms with E-state index in [2.05, 4.69) is 9.62 Å². The molecule has 3 aromatic rings. The van der Waals surface area contributed by atoms with E-state index < -0.39 is 22.0 Å². The van der Waals surface area contributed by atoms with E-state index in [0.29, 0.717) is 40.5 Å². The van der Waals surface area contributed by atoms with Gasteiger partial charge in [0.2, 0.25) is 0 Å². The summed E-state index contributed by atoms with van der Waals surface area (Å²) in [6, 6.07) is 15.5. The molecule has 0 spiro atoms. The fourth-order valence-electron chi connectivity index (χ4n) is 5.60. The summed E-state index contributed by atoms with van der Waals surface area (Å²) in [5.41, 5.74) is 1.40. The van der Waals surface area contributed by atoms with Gasteiger partial charge in [-0.2, -0.15) is 0 Å². The Morgan fingerprint density at radius 1 is 1.02 bits per heavy atom. The van der Waals surface area contributed by atoms with E-state index >= 15 is 0 Å². The van der Waals surface area contributed by atoms with E-state index in [9.17, 15) is 18.3 Å². The molecule has 0 aromatic heterocycles. The second-order valence-electron chi connectivity index (χ2n) is 12.5. The molecule has 262 valence electrons. The number of nitrogens with one attached hydrogen (secondary N) is 1. The van der Waals surface area contributed by atoms with Crippen LogP contribution in [0.5, 0.6) is 5.75 Å². The number of nitrogens with zero attached hydrogens (tertiary/aromatic N) is 2. The van der Waals surface area contributed by atoms with Crippen LogP contribution in [0, 0.1) is 5.92 Å². The molecule has 0 bridgehead atoms. The molecule has 48 heavy (non-hydrogen) atoms. The number of amides is 1. The highest BCUT2D eigenvalue weighted by Gasteiger charge is 2.31. The highest BCUT2D eigenvalue weighted by molar-refractivity contribution is 7.92. The average molecular weight is 741 g/mol. The normalized spacial score (nSPS) is 20.5. The Kier molecular flexibility index (Phi) is 13.8. The number of likely N-dealkylation sites (N-methyl/N-ethyl adjacent to an activating group) is 1. The van der Waals surface area contributed by atoms with Crippen LogP contribution in [0.4, 0.5) is 5.69 Å². The minimum absolute atomic E-state index is 0.0303. The van der Waals surface area contributed by atoms with Crippen LogP contribution in [-0.4, -0.2) is 80.8 Å². The summed E-state index contributed by atoms with van der Waals surface area (Å²) in [6.07, 6.45) is 1.98. The van der Waals surface area contributed by atoms with E-state index in [1.54, 1.807) is 30.0 Å². The van der Waals surface area contributed by atoms with Crippen molar-refractivity contribution < 1.29 is 27.8 Å². The van der Waals surface area contributed by atoms with E-state index in [-0.39, 0.29) is 47.4 Å². The minimum atomic E-state index is -3.97. The maximum absolute atomic E-state index is 14.4. The number of sulfonamides is 1. The molecule has 3 aromatic carbocycles. The molecule has 4 atom stereocenters. The number of benzene rings is 3. The van der Waals surface area contributed by atoms with E-state index in [1.807, 2.05) is 33.0 Å². The van der Waals surface area contributed by atoms with E-state index in [4.69, 9.17) is 44.3 Å². The predicted molar refractivity (Wildman–Crippen MR) is 192 cm³/mol. The Hall–Kier alpha value is -2.57. The standard InChI is InChI=1S/C35H44Cl3N3O6S/c1-23-19-41(24(2)22-42)35(43)30-18-28(39-48(44,45)29-12-9-27(36)10-13-29)11-15-33(30)47-25(3)7-5-6-16-46-34(23)21-40(4)20-26-8-14-31(37)32(38)17-26/h8-15,17-18,23-25,34,39,42H,5-7,16,19-22H2,1-4H3/t23-,24+,25-,34+/m0/s1. The molecule has 1 aliphatic rings. The third kappa shape index (κ3) is 10.5. The number of ether oxygens (including phenoxy) is 2. The molecular weight excluding hydrogens is 697 g/mol. The van der Waals surface area contributed by atoms with Crippen molar-refractivity contribution in [3.8, 4) is 5.75 Å². The van der Waals surface area contributed by atoms with Gasteiger partial charge in [-0.05, 0) is 100 Å². The summed E-state index contributed by atoms with van der Waals surface area (Å²) < 4.78 is 41.7. The van der Waals surface area contributed by atoms with Crippen LogP contribution in [0.15, 0.2) is 65.6 Å². The lowest BCUT2D eigenvalue weighted by Crippen LogP contribution is -2.47. The summed E-state index contributed by atoms with van der Waals surface area (Å²) in [6.45, 7) is 7.52. The topological polar surface area (TPSA) is 108 Å². The number of halogens is 3. The maximum Gasteiger partial charge on any atom is 0.261 e. The monoisotopic (exact) mass is 739 g/mol. The Morgan fingerprint density at radius 2 is 1.75 bits per heavy atom. The first-order chi connectivity index (χ1) is 22.8. The quantitative estimate of drug-likeness (QED) is 0.236. The van der Waals surface area contributed by atoms with Gasteiger partial charge in [0.25, 0.3) is 15.9 Å². The molecule has 13 heteroatoms. The zero-order chi connectivity index (χ0) is 35.0. The summed E-state index contributed by atoms with van der Waals surface area (Å²) in [5, 5.41) is 11.6. The van der Waals surface area contributed by atoms with Crippen LogP contribution in [0.25, 0.3) is 0 Å².